The van der Waals surface area contributed by atoms with Crippen molar-refractivity contribution in [3.63, 3.8) is 0 Å². The predicted octanol–water partition coefficient (Wildman–Crippen LogP) is 16.4. The first-order valence-corrected chi connectivity index (χ1v) is 48.6. The zero-order valence-electron chi connectivity index (χ0n) is 78.2. The highest BCUT2D eigenvalue weighted by Crippen LogP contribution is 2.45. The maximum atomic E-state index is 14.0. The first-order chi connectivity index (χ1) is 63.5. The Morgan fingerprint density at radius 1 is 0.394 bits per heavy atom. The molecule has 4 saturated heterocycles. The number of piperazine rings is 4. The summed E-state index contributed by atoms with van der Waals surface area (Å²) in [4.78, 5) is 108. The van der Waals surface area contributed by atoms with Gasteiger partial charge in [0, 0.05) is 207 Å². The summed E-state index contributed by atoms with van der Waals surface area (Å²) in [6, 6.07) is 32.0. The SMILES string of the molecule is C=C1CCc2c(ncnc2N2CCN(C(=O)[C@H](CNC(C)C)c3ccc(Cl)cc3)C[C@@H]2C)N1.C=C1CCc2c(ncnc2N2CCN(C(=O)[C@H](CNC(C)C)c3ccc(Cl)cc3)C[C@H]2C)N1.C=C1C[C@@H](C)c2c(ncnc2N2CCN(C(=O)C3(c4ccc(Cl)cc4)CCCCC3)CC2)N1.C=C1Nc2ncnc(N3CCN(C(=O)[C@H](CNC(C)C)c4ccc(Cl)cc4)CC3)c2CC1C. The smallest absolute Gasteiger partial charge is 0.233 e. The number of anilines is 8. The van der Waals surface area contributed by atoms with Crippen LogP contribution in [-0.4, -0.2) is 225 Å². The van der Waals surface area contributed by atoms with E-state index in [4.69, 9.17) is 46.4 Å². The number of carbonyl (C=O) groups excluding carboxylic acids is 4. The van der Waals surface area contributed by atoms with Crippen molar-refractivity contribution in [1.29, 1.82) is 0 Å². The van der Waals surface area contributed by atoms with Crippen molar-refractivity contribution in [1.82, 2.24) is 75.4 Å². The second-order valence-electron chi connectivity index (χ2n) is 37.5. The van der Waals surface area contributed by atoms with Gasteiger partial charge in [0.05, 0.1) is 23.2 Å². The fraction of sp³-hybridized carbons (Fsp3) is 0.485. The van der Waals surface area contributed by atoms with E-state index >= 15 is 0 Å². The Morgan fingerprint density at radius 2 is 0.758 bits per heavy atom. The van der Waals surface area contributed by atoms with Crippen LogP contribution >= 0.6 is 46.4 Å². The molecule has 12 heterocycles. The highest BCUT2D eigenvalue weighted by atomic mass is 35.5. The zero-order chi connectivity index (χ0) is 93.6. The van der Waals surface area contributed by atoms with Crippen LogP contribution in [0.5, 0.6) is 0 Å². The molecule has 8 aliphatic heterocycles. The van der Waals surface area contributed by atoms with Gasteiger partial charge in [-0.2, -0.15) is 0 Å². The van der Waals surface area contributed by atoms with Gasteiger partial charge in [-0.05, 0) is 148 Å². The van der Waals surface area contributed by atoms with Gasteiger partial charge in [0.25, 0.3) is 0 Å². The van der Waals surface area contributed by atoms with Gasteiger partial charge < -0.3 is 76.4 Å². The normalized spacial score (nSPS) is 20.1. The maximum absolute atomic E-state index is 14.0. The zero-order valence-corrected chi connectivity index (χ0v) is 81.3. The van der Waals surface area contributed by atoms with Crippen molar-refractivity contribution in [2.75, 3.05) is 152 Å². The fourth-order valence-electron chi connectivity index (χ4n) is 19.5. The van der Waals surface area contributed by atoms with Gasteiger partial charge in [0.15, 0.2) is 0 Å². The summed E-state index contributed by atoms with van der Waals surface area (Å²) in [5, 5.41) is 26.3. The molecule has 7 N–H and O–H groups in total. The number of rotatable bonds is 21. The monoisotopic (exact) mass is 1870 g/mol. The highest BCUT2D eigenvalue weighted by Gasteiger charge is 2.46. The second kappa shape index (κ2) is 44.6. The number of carbonyl (C=O) groups is 4. The molecule has 7 atom stereocenters. The molecular weight excluding hydrogens is 1740 g/mol. The van der Waals surface area contributed by atoms with Crippen LogP contribution in [-0.2, 0) is 43.9 Å². The average Bonchev–Trinajstić information content (AvgIpc) is 0.748. The summed E-state index contributed by atoms with van der Waals surface area (Å²) < 4.78 is 0. The van der Waals surface area contributed by atoms with Crippen LogP contribution in [0, 0.1) is 5.92 Å². The van der Waals surface area contributed by atoms with Crippen LogP contribution in [0.25, 0.3) is 0 Å². The number of amides is 4. The Kier molecular flexibility index (Phi) is 32.9. The summed E-state index contributed by atoms with van der Waals surface area (Å²) >= 11 is 24.4. The van der Waals surface area contributed by atoms with Crippen molar-refractivity contribution in [3.05, 3.63) is 236 Å². The van der Waals surface area contributed by atoms with Crippen molar-refractivity contribution < 1.29 is 19.2 Å². The van der Waals surface area contributed by atoms with Crippen LogP contribution in [0.4, 0.5) is 46.5 Å². The Hall–Kier alpha value is -10.5. The van der Waals surface area contributed by atoms with Crippen LogP contribution in [0.15, 0.2) is 171 Å². The summed E-state index contributed by atoms with van der Waals surface area (Å²) in [6.45, 7) is 49.2. The fourth-order valence-corrected chi connectivity index (χ4v) is 20.0. The molecule has 5 fully saturated rings. The minimum Gasteiger partial charge on any atom is -0.353 e. The molecule has 0 bridgehead atoms. The lowest BCUT2D eigenvalue weighted by molar-refractivity contribution is -0.139. The van der Waals surface area contributed by atoms with Crippen molar-refractivity contribution >= 4 is 117 Å². The topological polar surface area (TPSA) is 282 Å². The summed E-state index contributed by atoms with van der Waals surface area (Å²) in [6.07, 6.45) is 17.0. The minimum absolute atomic E-state index is 0.149. The van der Waals surface area contributed by atoms with E-state index in [0.717, 1.165) is 217 Å². The van der Waals surface area contributed by atoms with Gasteiger partial charge in [0.2, 0.25) is 23.6 Å². The van der Waals surface area contributed by atoms with Gasteiger partial charge in [0.1, 0.15) is 71.9 Å². The molecular formula is C101H131Cl4N23O4. The highest BCUT2D eigenvalue weighted by molar-refractivity contribution is 6.31. The Bertz CT molecular complexity index is 5210. The number of nitrogens with zero attached hydrogens (tertiary/aromatic N) is 16. The Balaban J connectivity index is 0.000000142. The van der Waals surface area contributed by atoms with Crippen LogP contribution in [0.1, 0.15) is 189 Å². The van der Waals surface area contributed by atoms with Crippen LogP contribution in [0.2, 0.25) is 20.1 Å². The van der Waals surface area contributed by atoms with Crippen molar-refractivity contribution in [3.8, 4) is 0 Å². The first kappa shape index (κ1) is 97.5. The number of nitrogens with one attached hydrogen (secondary N) is 7. The number of hydrogen-bond acceptors (Lipinski definition) is 23. The lowest BCUT2D eigenvalue weighted by atomic mass is 9.68. The van der Waals surface area contributed by atoms with E-state index in [1.165, 1.54) is 6.42 Å². The Morgan fingerprint density at radius 3 is 1.18 bits per heavy atom. The molecule has 17 rings (SSSR count). The molecule has 31 heteroatoms. The third-order valence-corrected chi connectivity index (χ3v) is 27.9. The van der Waals surface area contributed by atoms with E-state index in [-0.39, 0.29) is 53.5 Å². The predicted molar refractivity (Wildman–Crippen MR) is 534 cm³/mol. The number of allylic oxidation sites excluding steroid dienone is 4. The van der Waals surface area contributed by atoms with Crippen molar-refractivity contribution in [2.24, 2.45) is 5.92 Å². The number of benzene rings is 4. The quantitative estimate of drug-likeness (QED) is 0.0352. The van der Waals surface area contributed by atoms with Gasteiger partial charge in [-0.1, -0.05) is 196 Å². The van der Waals surface area contributed by atoms with E-state index in [1.807, 2.05) is 99.6 Å². The molecule has 9 aliphatic rings. The second-order valence-corrected chi connectivity index (χ2v) is 39.2. The van der Waals surface area contributed by atoms with Crippen molar-refractivity contribution in [2.45, 2.75) is 199 Å². The third kappa shape index (κ3) is 23.6. The molecule has 1 aliphatic carbocycles. The lowest BCUT2D eigenvalue weighted by Gasteiger charge is -2.44. The molecule has 0 radical (unpaired) electrons. The molecule has 0 spiro atoms. The molecule has 4 amide bonds. The van der Waals surface area contributed by atoms with E-state index in [2.05, 4.69) is 209 Å². The first-order valence-electron chi connectivity index (χ1n) is 47.1. The van der Waals surface area contributed by atoms with Gasteiger partial charge in [-0.25, -0.2) is 39.9 Å². The third-order valence-electron chi connectivity index (χ3n) is 26.9. The van der Waals surface area contributed by atoms with E-state index in [1.54, 1.807) is 25.3 Å². The molecule has 132 heavy (non-hydrogen) atoms. The van der Waals surface area contributed by atoms with Gasteiger partial charge in [-0.15, -0.1) is 0 Å². The summed E-state index contributed by atoms with van der Waals surface area (Å²) in [5.74, 6) is 7.98. The van der Waals surface area contributed by atoms with E-state index < -0.39 is 5.41 Å². The van der Waals surface area contributed by atoms with E-state index in [9.17, 15) is 19.2 Å². The Labute approximate surface area is 799 Å². The molecule has 4 aromatic heterocycles. The standard InChI is InChI=1S/C26H32ClN5O.3C25H33ClN6O/c1-18-16-19(2)30-23-22(18)24(29-17-28-23)31-12-14-32(15-13-31)25(33)26(10-4-3-5-11-26)20-6-8-21(27)9-7-20;2*1-16(2)27-13-22(19-6-8-20(26)9-7-19)25(33)31-11-12-32(18(4)14-31)24-21-10-5-17(3)30-23(21)28-15-29-24;1-16(2)27-14-22(19-5-7-20(26)8-6-19)25(33)32-11-9-31(10-12-32)24-21-13-17(3)18(4)30-23(21)28-15-29-24/h6-9,17-18H,2-5,10-16H2,1H3,(H,28,29,30);2*6-9,15-16,18,22,27H,3,5,10-14H2,1-2,4H3,(H,28,29,30);5-8,15-17,22,27H,4,9-14H2,1-3H3,(H,28,29,30)/t18-;18-,22+;18-,22-;17?,22-/m1011/s1. The lowest BCUT2D eigenvalue weighted by Crippen LogP contribution is -2.55. The van der Waals surface area contributed by atoms with Gasteiger partial charge in [-0.3, -0.25) is 19.2 Å². The number of aromatic nitrogens is 8. The average molecular weight is 1870 g/mol. The van der Waals surface area contributed by atoms with E-state index in [0.29, 0.717) is 122 Å². The van der Waals surface area contributed by atoms with Crippen LogP contribution in [0.3, 0.4) is 0 Å². The molecule has 1 saturated carbocycles. The van der Waals surface area contributed by atoms with Crippen LogP contribution < -0.4 is 56.8 Å². The number of halogens is 4. The maximum Gasteiger partial charge on any atom is 0.233 e. The number of fused-ring (bicyclic) bond motifs is 4. The summed E-state index contributed by atoms with van der Waals surface area (Å²) in [5.41, 5.74) is 12.2. The van der Waals surface area contributed by atoms with Gasteiger partial charge >= 0.3 is 0 Å². The molecule has 27 nitrogen and oxygen atoms in total. The number of hydrogen-bond donors (Lipinski definition) is 7. The largest absolute Gasteiger partial charge is 0.353 e. The molecule has 702 valence electrons. The molecule has 1 unspecified atom stereocenters. The molecule has 4 aromatic carbocycles. The summed E-state index contributed by atoms with van der Waals surface area (Å²) in [7, 11) is 0. The minimum atomic E-state index is -0.419. The molecule has 8 aromatic rings.